The Morgan fingerprint density at radius 3 is 2.62 bits per heavy atom. The molecule has 0 N–H and O–H groups in total. The molecule has 0 fully saturated rings. The third kappa shape index (κ3) is 4.85. The zero-order valence-electron chi connectivity index (χ0n) is 13.6. The van der Waals surface area contributed by atoms with Gasteiger partial charge in [-0.05, 0) is 41.9 Å². The van der Waals surface area contributed by atoms with Crippen LogP contribution in [-0.2, 0) is 9.53 Å². The number of carbonyl (C=O) groups is 1. The third-order valence-corrected chi connectivity index (χ3v) is 4.83. The van der Waals surface area contributed by atoms with Crippen LogP contribution in [0.15, 0.2) is 18.5 Å². The van der Waals surface area contributed by atoms with Crippen LogP contribution in [0, 0.1) is 5.82 Å². The summed E-state index contributed by atoms with van der Waals surface area (Å²) in [5, 5.41) is -0.915. The van der Waals surface area contributed by atoms with E-state index in [1.807, 2.05) is 6.92 Å². The van der Waals surface area contributed by atoms with Crippen LogP contribution in [0.25, 0.3) is 11.3 Å². The predicted octanol–water partition coefficient (Wildman–Crippen LogP) is 5.71. The van der Waals surface area contributed by atoms with E-state index in [0.29, 0.717) is 5.69 Å². The number of hydrogen-bond donors (Lipinski definition) is 0. The van der Waals surface area contributed by atoms with Gasteiger partial charge in [-0.15, -0.1) is 0 Å². The second-order valence-corrected chi connectivity index (χ2v) is 7.98. The zero-order chi connectivity index (χ0) is 19.4. The first-order chi connectivity index (χ1) is 12.3. The Morgan fingerprint density at radius 2 is 2.00 bits per heavy atom. The van der Waals surface area contributed by atoms with Gasteiger partial charge in [-0.25, -0.2) is 19.2 Å². The van der Waals surface area contributed by atoms with E-state index >= 15 is 0 Å². The Kier molecular flexibility index (Phi) is 7.63. The average Bonchev–Trinajstić information content (AvgIpc) is 2.57. The van der Waals surface area contributed by atoms with Gasteiger partial charge >= 0.3 is 5.97 Å². The van der Waals surface area contributed by atoms with Crippen LogP contribution in [0.3, 0.4) is 0 Å². The fourth-order valence-electron chi connectivity index (χ4n) is 2.02. The lowest BCUT2D eigenvalue weighted by molar-refractivity contribution is -0.146. The smallest absolute Gasteiger partial charge is 0.358 e. The first-order valence-electron chi connectivity index (χ1n) is 7.37. The molecule has 0 amide bonds. The normalized spacial score (nSPS) is 13.2. The Morgan fingerprint density at radius 1 is 1.31 bits per heavy atom. The minimum absolute atomic E-state index is 0.0146. The number of alkyl halides is 2. The van der Waals surface area contributed by atoms with Gasteiger partial charge in [-0.3, -0.25) is 0 Å². The van der Waals surface area contributed by atoms with Crippen LogP contribution in [0.2, 0.25) is 10.0 Å². The van der Waals surface area contributed by atoms with E-state index in [1.54, 1.807) is 6.92 Å². The summed E-state index contributed by atoms with van der Waals surface area (Å²) >= 11 is 18.8. The molecule has 0 saturated heterocycles. The van der Waals surface area contributed by atoms with Crippen molar-refractivity contribution in [2.24, 2.45) is 0 Å². The predicted molar refractivity (Wildman–Crippen MR) is 105 cm³/mol. The molecule has 0 radical (unpaired) electrons. The summed E-state index contributed by atoms with van der Waals surface area (Å²) in [6.45, 7) is 3.69. The van der Waals surface area contributed by atoms with Crippen LogP contribution >= 0.6 is 55.1 Å². The van der Waals surface area contributed by atoms with Crippen LogP contribution in [0.4, 0.5) is 4.39 Å². The number of benzene rings is 1. The molecule has 0 saturated carbocycles. The van der Waals surface area contributed by atoms with Gasteiger partial charge < -0.3 is 9.47 Å². The van der Waals surface area contributed by atoms with Crippen molar-refractivity contribution in [1.29, 1.82) is 0 Å². The molecule has 5 nitrogen and oxygen atoms in total. The fraction of sp³-hybridized carbons (Fsp3) is 0.312. The molecular weight excluding hydrogens is 518 g/mol. The van der Waals surface area contributed by atoms with E-state index in [1.165, 1.54) is 12.4 Å². The number of rotatable bonds is 6. The summed E-state index contributed by atoms with van der Waals surface area (Å²) in [7, 11) is 0. The van der Waals surface area contributed by atoms with E-state index in [2.05, 4.69) is 41.8 Å². The topological polar surface area (TPSA) is 61.3 Å². The summed E-state index contributed by atoms with van der Waals surface area (Å²) in [6, 6.07) is 2.38. The van der Waals surface area contributed by atoms with Crippen molar-refractivity contribution < 1.29 is 18.7 Å². The second kappa shape index (κ2) is 9.30. The summed E-state index contributed by atoms with van der Waals surface area (Å²) < 4.78 is 24.8. The molecule has 0 aliphatic carbocycles. The number of aromatic nitrogens is 2. The first-order valence-corrected chi connectivity index (χ1v) is 9.96. The van der Waals surface area contributed by atoms with Gasteiger partial charge in [0.25, 0.3) is 0 Å². The molecule has 2 rings (SSSR count). The van der Waals surface area contributed by atoms with E-state index in [0.717, 1.165) is 6.07 Å². The molecule has 140 valence electrons. The van der Waals surface area contributed by atoms with Crippen LogP contribution in [0.1, 0.15) is 24.4 Å². The summed E-state index contributed by atoms with van der Waals surface area (Å²) in [5.41, 5.74) is 0.761. The van der Waals surface area contributed by atoms with Crippen molar-refractivity contribution in [2.75, 3.05) is 6.61 Å². The van der Waals surface area contributed by atoms with Gasteiger partial charge in [-0.2, -0.15) is 0 Å². The summed E-state index contributed by atoms with van der Waals surface area (Å²) in [5.74, 6) is -1.20. The minimum Gasteiger partial charge on any atom is -0.466 e. The molecule has 26 heavy (non-hydrogen) atoms. The highest BCUT2D eigenvalue weighted by Crippen LogP contribution is 2.38. The molecule has 2 atom stereocenters. The quantitative estimate of drug-likeness (QED) is 0.354. The Hall–Kier alpha value is -0.960. The highest BCUT2D eigenvalue weighted by atomic mass is 79.9. The Bertz CT molecular complexity index is 824. The van der Waals surface area contributed by atoms with E-state index in [9.17, 15) is 9.18 Å². The van der Waals surface area contributed by atoms with Gasteiger partial charge in [0.15, 0.2) is 0 Å². The van der Waals surface area contributed by atoms with Crippen molar-refractivity contribution in [3.8, 4) is 17.0 Å². The van der Waals surface area contributed by atoms with E-state index in [-0.39, 0.29) is 38.5 Å². The number of ether oxygens (including phenoxy) is 2. The molecule has 1 aromatic carbocycles. The number of hydrogen-bond acceptors (Lipinski definition) is 5. The van der Waals surface area contributed by atoms with Gasteiger partial charge in [-0.1, -0.05) is 39.1 Å². The Labute approximate surface area is 176 Å². The maximum absolute atomic E-state index is 14.5. The largest absolute Gasteiger partial charge is 0.466 e. The van der Waals surface area contributed by atoms with Crippen molar-refractivity contribution in [1.82, 2.24) is 9.97 Å². The van der Waals surface area contributed by atoms with E-state index < -0.39 is 16.8 Å². The Balaban J connectivity index is 2.46. The molecule has 10 heteroatoms. The monoisotopic (exact) mass is 528 g/mol. The molecule has 0 bridgehead atoms. The summed E-state index contributed by atoms with van der Waals surface area (Å²) in [6.07, 6.45) is 1.29. The third-order valence-electron chi connectivity index (χ3n) is 3.17. The van der Waals surface area contributed by atoms with Crippen LogP contribution in [-0.4, -0.2) is 27.6 Å². The van der Waals surface area contributed by atoms with Crippen molar-refractivity contribution in [3.05, 3.63) is 40.0 Å². The van der Waals surface area contributed by atoms with Crippen LogP contribution in [0.5, 0.6) is 5.75 Å². The number of halogens is 5. The van der Waals surface area contributed by atoms with Gasteiger partial charge in [0, 0.05) is 5.56 Å². The SMILES string of the molecule is CCOC(=O)C(Br)Oc1cc(-c2ncnc(C(C)Br)c2Cl)c(F)cc1Cl. The molecule has 2 unspecified atom stereocenters. The molecule has 2 aromatic rings. The van der Waals surface area contributed by atoms with Crippen molar-refractivity contribution in [3.63, 3.8) is 0 Å². The molecule has 0 aliphatic rings. The lowest BCUT2D eigenvalue weighted by Crippen LogP contribution is -2.23. The van der Waals surface area contributed by atoms with Crippen LogP contribution < -0.4 is 4.74 Å². The minimum atomic E-state index is -1.10. The molecular formula is C16H13Br2Cl2FN2O3. The van der Waals surface area contributed by atoms with Gasteiger partial charge in [0.1, 0.15) is 17.9 Å². The lowest BCUT2D eigenvalue weighted by Gasteiger charge is -2.15. The summed E-state index contributed by atoms with van der Waals surface area (Å²) in [4.78, 5) is 19.7. The highest BCUT2D eigenvalue weighted by Gasteiger charge is 2.23. The number of carbonyl (C=O) groups excluding carboxylic acids is 1. The molecule has 1 heterocycles. The molecule has 1 aromatic heterocycles. The zero-order valence-corrected chi connectivity index (χ0v) is 18.3. The first kappa shape index (κ1) is 21.3. The molecule has 0 aliphatic heterocycles. The van der Waals surface area contributed by atoms with Gasteiger partial charge in [0.2, 0.25) is 5.01 Å². The molecule has 0 spiro atoms. The maximum Gasteiger partial charge on any atom is 0.358 e. The van der Waals surface area contributed by atoms with Crippen molar-refractivity contribution >= 4 is 61.0 Å². The van der Waals surface area contributed by atoms with Crippen molar-refractivity contribution in [2.45, 2.75) is 23.7 Å². The fourth-order valence-corrected chi connectivity index (χ4v) is 3.39. The second-order valence-electron chi connectivity index (χ2n) is 4.99. The maximum atomic E-state index is 14.5. The highest BCUT2D eigenvalue weighted by molar-refractivity contribution is 9.09. The average molecular weight is 531 g/mol. The number of nitrogens with zero attached hydrogens (tertiary/aromatic N) is 2. The van der Waals surface area contributed by atoms with E-state index in [4.69, 9.17) is 32.7 Å². The lowest BCUT2D eigenvalue weighted by atomic mass is 10.1. The standard InChI is InChI=1S/C16H13Br2Cl2FN2O3/c1-3-25-16(24)15(18)26-11-4-8(10(21)5-9(11)19)14-12(20)13(7(2)17)22-6-23-14/h4-7,15H,3H2,1-2H3. The number of esters is 1. The van der Waals surface area contributed by atoms with Gasteiger partial charge in [0.05, 0.1) is 32.9 Å².